The molecule has 2 aliphatic rings. The number of aryl methyl sites for hydroxylation is 1. The Balaban J connectivity index is 1.71. The lowest BCUT2D eigenvalue weighted by molar-refractivity contribution is -0.173. The number of rotatable bonds is 6. The van der Waals surface area contributed by atoms with Crippen molar-refractivity contribution in [2.24, 2.45) is 0 Å². The topological polar surface area (TPSA) is 112 Å². The number of methoxy groups -OCH3 is 1. The van der Waals surface area contributed by atoms with Crippen LogP contribution in [0.4, 0.5) is 13.6 Å². The molecule has 2 aliphatic heterocycles. The van der Waals surface area contributed by atoms with Crippen LogP contribution in [0.1, 0.15) is 35.6 Å². The molecule has 0 radical (unpaired) electrons. The SMILES string of the molecule is CC[C@@]1(OC(=O)N(C)CCNC)C(=O)OCc2c1cc1n(c2=O)Cc2c-1nc1cc(F)c(F)c(OC)c1c2C. The first-order chi connectivity index (χ1) is 18.6. The van der Waals surface area contributed by atoms with Gasteiger partial charge in [-0.2, -0.15) is 4.39 Å². The van der Waals surface area contributed by atoms with E-state index in [0.717, 1.165) is 6.07 Å². The summed E-state index contributed by atoms with van der Waals surface area (Å²) in [7, 11) is 4.53. The standard InChI is InChI=1S/C27H28F2N4O6/c1-6-27(39-26(36)32(4)8-7-30-3)16-9-19-22-14(11-33(19)24(34)15(16)12-38-25(27)35)13(2)20-18(31-22)10-17(28)21(29)23(20)37-5/h9-10,30H,6-8,11-12H2,1-5H3/t27-/m0/s1. The average molecular weight is 543 g/mol. The van der Waals surface area contributed by atoms with Gasteiger partial charge in [0.25, 0.3) is 5.56 Å². The highest BCUT2D eigenvalue weighted by Gasteiger charge is 2.51. The number of halogens is 2. The van der Waals surface area contributed by atoms with Crippen LogP contribution in [-0.4, -0.2) is 60.8 Å². The van der Waals surface area contributed by atoms with Crippen molar-refractivity contribution in [2.75, 3.05) is 34.3 Å². The van der Waals surface area contributed by atoms with E-state index in [-0.39, 0.29) is 42.0 Å². The molecule has 4 heterocycles. The molecule has 206 valence electrons. The highest BCUT2D eigenvalue weighted by Crippen LogP contribution is 2.43. The van der Waals surface area contributed by atoms with Gasteiger partial charge in [0.2, 0.25) is 11.4 Å². The van der Waals surface area contributed by atoms with Crippen LogP contribution in [0.15, 0.2) is 16.9 Å². The van der Waals surface area contributed by atoms with Gasteiger partial charge in [-0.3, -0.25) is 4.79 Å². The quantitative estimate of drug-likeness (QED) is 0.370. The van der Waals surface area contributed by atoms with Gasteiger partial charge in [-0.1, -0.05) is 6.92 Å². The molecule has 1 N–H and O–H groups in total. The van der Waals surface area contributed by atoms with Gasteiger partial charge < -0.3 is 29.0 Å². The molecule has 2 aromatic heterocycles. The molecule has 1 atom stereocenters. The first-order valence-corrected chi connectivity index (χ1v) is 12.5. The molecule has 0 saturated carbocycles. The van der Waals surface area contributed by atoms with E-state index >= 15 is 0 Å². The smallest absolute Gasteiger partial charge is 0.411 e. The average Bonchev–Trinajstić information content (AvgIpc) is 3.29. The summed E-state index contributed by atoms with van der Waals surface area (Å²) in [6.45, 7) is 4.06. The van der Waals surface area contributed by atoms with Gasteiger partial charge in [0.05, 0.1) is 36.1 Å². The maximum Gasteiger partial charge on any atom is 0.411 e. The Kier molecular flexibility index (Phi) is 6.53. The zero-order valence-electron chi connectivity index (χ0n) is 22.2. The van der Waals surface area contributed by atoms with Crippen LogP contribution in [0.3, 0.4) is 0 Å². The number of nitrogens with one attached hydrogen (secondary N) is 1. The van der Waals surface area contributed by atoms with Gasteiger partial charge in [-0.05, 0) is 32.0 Å². The second kappa shape index (κ2) is 9.60. The molecule has 0 aliphatic carbocycles. The van der Waals surface area contributed by atoms with Crippen LogP contribution in [-0.2, 0) is 33.0 Å². The molecule has 0 bridgehead atoms. The number of nitrogens with zero attached hydrogens (tertiary/aromatic N) is 3. The summed E-state index contributed by atoms with van der Waals surface area (Å²) in [5.41, 5.74) is 0.253. The van der Waals surface area contributed by atoms with E-state index in [1.807, 2.05) is 0 Å². The summed E-state index contributed by atoms with van der Waals surface area (Å²) < 4.78 is 46.7. The molecule has 1 aromatic carbocycles. The number of pyridine rings is 2. The Morgan fingerprint density at radius 3 is 2.69 bits per heavy atom. The van der Waals surface area contributed by atoms with Crippen molar-refractivity contribution >= 4 is 23.0 Å². The summed E-state index contributed by atoms with van der Waals surface area (Å²) in [4.78, 5) is 45.8. The lowest BCUT2D eigenvalue weighted by Gasteiger charge is -2.36. The molecule has 12 heteroatoms. The maximum atomic E-state index is 14.5. The zero-order chi connectivity index (χ0) is 28.2. The number of hydrogen-bond acceptors (Lipinski definition) is 8. The van der Waals surface area contributed by atoms with Crippen LogP contribution >= 0.6 is 0 Å². The van der Waals surface area contributed by atoms with Crippen molar-refractivity contribution in [3.05, 3.63) is 56.4 Å². The molecule has 0 unspecified atom stereocenters. The van der Waals surface area contributed by atoms with E-state index in [9.17, 15) is 23.2 Å². The molecule has 10 nitrogen and oxygen atoms in total. The van der Waals surface area contributed by atoms with E-state index in [0.29, 0.717) is 41.0 Å². The summed E-state index contributed by atoms with van der Waals surface area (Å²) in [6.07, 6.45) is -0.728. The first kappa shape index (κ1) is 26.5. The van der Waals surface area contributed by atoms with Crippen molar-refractivity contribution in [3.63, 3.8) is 0 Å². The highest BCUT2D eigenvalue weighted by atomic mass is 19.2. The highest BCUT2D eigenvalue weighted by molar-refractivity contribution is 5.93. The molecular formula is C27H28F2N4O6. The lowest BCUT2D eigenvalue weighted by atomic mass is 9.85. The zero-order valence-corrected chi connectivity index (χ0v) is 22.2. The minimum atomic E-state index is -1.85. The minimum absolute atomic E-state index is 0.0199. The Hall–Kier alpha value is -4.06. The molecular weight excluding hydrogens is 514 g/mol. The molecule has 0 spiro atoms. The van der Waals surface area contributed by atoms with Crippen LogP contribution in [0, 0.1) is 18.6 Å². The fraction of sp³-hybridized carbons (Fsp3) is 0.407. The van der Waals surface area contributed by atoms with E-state index in [1.54, 1.807) is 34.0 Å². The Labute approximate surface area is 222 Å². The summed E-state index contributed by atoms with van der Waals surface area (Å²) in [5.74, 6) is -3.28. The maximum absolute atomic E-state index is 14.5. The summed E-state index contributed by atoms with van der Waals surface area (Å²) in [6, 6.07) is 2.60. The molecule has 0 saturated heterocycles. The van der Waals surface area contributed by atoms with Crippen LogP contribution < -0.4 is 15.6 Å². The van der Waals surface area contributed by atoms with Crippen molar-refractivity contribution in [2.45, 2.75) is 39.0 Å². The predicted octanol–water partition coefficient (Wildman–Crippen LogP) is 2.97. The van der Waals surface area contributed by atoms with E-state index < -0.39 is 34.9 Å². The van der Waals surface area contributed by atoms with Crippen molar-refractivity contribution in [3.8, 4) is 17.1 Å². The first-order valence-electron chi connectivity index (χ1n) is 12.5. The Morgan fingerprint density at radius 2 is 2.03 bits per heavy atom. The van der Waals surface area contributed by atoms with Gasteiger partial charge in [0.1, 0.15) is 6.61 Å². The normalized spacial score (nSPS) is 17.4. The molecule has 0 fully saturated rings. The van der Waals surface area contributed by atoms with Gasteiger partial charge in [-0.15, -0.1) is 0 Å². The summed E-state index contributed by atoms with van der Waals surface area (Å²) >= 11 is 0. The molecule has 1 amide bonds. The van der Waals surface area contributed by atoms with E-state index in [1.165, 1.54) is 16.6 Å². The Bertz CT molecular complexity index is 1600. The number of ether oxygens (including phenoxy) is 3. The second-order valence-corrected chi connectivity index (χ2v) is 9.63. The third-order valence-electron chi connectivity index (χ3n) is 7.55. The lowest BCUT2D eigenvalue weighted by Crippen LogP contribution is -2.49. The number of carbonyl (C=O) groups excluding carboxylic acids is 2. The van der Waals surface area contributed by atoms with Gasteiger partial charge in [0, 0.05) is 42.7 Å². The number of cyclic esters (lactones) is 1. The molecule has 3 aromatic rings. The number of amides is 1. The number of carbonyl (C=O) groups is 2. The largest absolute Gasteiger partial charge is 0.493 e. The van der Waals surface area contributed by atoms with E-state index in [2.05, 4.69) is 10.3 Å². The molecule has 5 rings (SSSR count). The van der Waals surface area contributed by atoms with Crippen molar-refractivity contribution < 1.29 is 32.6 Å². The minimum Gasteiger partial charge on any atom is -0.493 e. The van der Waals surface area contributed by atoms with Crippen LogP contribution in [0.2, 0.25) is 0 Å². The summed E-state index contributed by atoms with van der Waals surface area (Å²) in [5, 5.41) is 3.24. The number of esters is 1. The van der Waals surface area contributed by atoms with Gasteiger partial charge >= 0.3 is 12.1 Å². The fourth-order valence-corrected chi connectivity index (χ4v) is 5.32. The third-order valence-corrected chi connectivity index (χ3v) is 7.55. The van der Waals surface area contributed by atoms with Crippen LogP contribution in [0.5, 0.6) is 5.75 Å². The number of fused-ring (bicyclic) bond motifs is 5. The predicted molar refractivity (Wildman–Crippen MR) is 137 cm³/mol. The Morgan fingerprint density at radius 1 is 1.28 bits per heavy atom. The van der Waals surface area contributed by atoms with Crippen molar-refractivity contribution in [1.29, 1.82) is 0 Å². The van der Waals surface area contributed by atoms with Gasteiger partial charge in [0.15, 0.2) is 11.6 Å². The number of likely N-dealkylation sites (N-methyl/N-ethyl adjacent to an activating group) is 2. The number of hydrogen-bond donors (Lipinski definition) is 1. The fourth-order valence-electron chi connectivity index (χ4n) is 5.32. The van der Waals surface area contributed by atoms with Crippen LogP contribution in [0.25, 0.3) is 22.3 Å². The van der Waals surface area contributed by atoms with E-state index in [4.69, 9.17) is 14.2 Å². The van der Waals surface area contributed by atoms with Gasteiger partial charge in [-0.25, -0.2) is 19.0 Å². The monoisotopic (exact) mass is 542 g/mol. The number of aromatic nitrogens is 2. The molecule has 39 heavy (non-hydrogen) atoms. The number of benzene rings is 1. The third kappa shape index (κ3) is 3.84. The van der Waals surface area contributed by atoms with Crippen molar-refractivity contribution in [1.82, 2.24) is 19.8 Å². The second-order valence-electron chi connectivity index (χ2n) is 9.63.